The molecule has 0 spiro atoms. The van der Waals surface area contributed by atoms with Crippen molar-refractivity contribution in [3.63, 3.8) is 0 Å². The van der Waals surface area contributed by atoms with Crippen molar-refractivity contribution in [1.82, 2.24) is 10.2 Å². The van der Waals surface area contributed by atoms with Crippen LogP contribution in [0.3, 0.4) is 0 Å². The molecule has 0 radical (unpaired) electrons. The standard InChI is InChI=1S/C31H39N3O4S/c1-24(2)32-31(36)29(22-26-12-7-5-8-13-26)33(23-27-19-17-25(3)18-20-27)30(35)16-11-21-34(39(4,37)38)28-14-9-6-10-15-28/h5-10,12-15,17-20,24,29H,11,16,21-23H2,1-4H3,(H,32,36)/t29-/m0/s1. The Balaban J connectivity index is 1.87. The summed E-state index contributed by atoms with van der Waals surface area (Å²) in [5.74, 6) is -0.409. The Morgan fingerprint density at radius 2 is 1.44 bits per heavy atom. The Hall–Kier alpha value is -3.65. The summed E-state index contributed by atoms with van der Waals surface area (Å²) in [6.07, 6.45) is 1.95. The lowest BCUT2D eigenvalue weighted by Gasteiger charge is -2.32. The number of para-hydroxylation sites is 1. The zero-order chi connectivity index (χ0) is 28.4. The molecule has 39 heavy (non-hydrogen) atoms. The van der Waals surface area contributed by atoms with E-state index in [0.717, 1.165) is 22.9 Å². The summed E-state index contributed by atoms with van der Waals surface area (Å²) >= 11 is 0. The Morgan fingerprint density at radius 3 is 2.00 bits per heavy atom. The summed E-state index contributed by atoms with van der Waals surface area (Å²) in [6, 6.07) is 25.6. The smallest absolute Gasteiger partial charge is 0.243 e. The first kappa shape index (κ1) is 29.9. The molecule has 208 valence electrons. The number of carbonyl (C=O) groups is 2. The highest BCUT2D eigenvalue weighted by atomic mass is 32.2. The van der Waals surface area contributed by atoms with Gasteiger partial charge in [0.15, 0.2) is 0 Å². The molecular weight excluding hydrogens is 510 g/mol. The van der Waals surface area contributed by atoms with E-state index in [4.69, 9.17) is 0 Å². The minimum Gasteiger partial charge on any atom is -0.352 e. The molecule has 0 aliphatic rings. The molecule has 2 amide bonds. The third-order valence-electron chi connectivity index (χ3n) is 6.37. The van der Waals surface area contributed by atoms with Crippen LogP contribution >= 0.6 is 0 Å². The number of anilines is 1. The molecule has 0 fully saturated rings. The Kier molecular flexibility index (Phi) is 10.7. The molecule has 8 heteroatoms. The van der Waals surface area contributed by atoms with Crippen molar-refractivity contribution in [3.8, 4) is 0 Å². The van der Waals surface area contributed by atoms with E-state index < -0.39 is 16.1 Å². The van der Waals surface area contributed by atoms with Crippen LogP contribution in [-0.2, 0) is 32.6 Å². The van der Waals surface area contributed by atoms with Crippen LogP contribution in [0, 0.1) is 6.92 Å². The summed E-state index contributed by atoms with van der Waals surface area (Å²) in [5.41, 5.74) is 3.54. The number of amides is 2. The van der Waals surface area contributed by atoms with Crippen molar-refractivity contribution in [3.05, 3.63) is 102 Å². The minimum atomic E-state index is -3.53. The molecule has 3 rings (SSSR count). The molecule has 0 aliphatic heterocycles. The largest absolute Gasteiger partial charge is 0.352 e. The van der Waals surface area contributed by atoms with Crippen molar-refractivity contribution in [2.75, 3.05) is 17.1 Å². The molecule has 0 saturated heterocycles. The molecular formula is C31H39N3O4S. The number of nitrogens with one attached hydrogen (secondary N) is 1. The lowest BCUT2D eigenvalue weighted by Crippen LogP contribution is -2.51. The predicted octanol–water partition coefficient (Wildman–Crippen LogP) is 4.71. The van der Waals surface area contributed by atoms with Crippen LogP contribution in [-0.4, -0.2) is 50.0 Å². The van der Waals surface area contributed by atoms with Gasteiger partial charge in [-0.15, -0.1) is 0 Å². The van der Waals surface area contributed by atoms with Gasteiger partial charge in [-0.3, -0.25) is 13.9 Å². The predicted molar refractivity (Wildman–Crippen MR) is 157 cm³/mol. The average Bonchev–Trinajstić information content (AvgIpc) is 2.89. The summed E-state index contributed by atoms with van der Waals surface area (Å²) in [5, 5.41) is 2.99. The molecule has 0 heterocycles. The van der Waals surface area contributed by atoms with E-state index in [0.29, 0.717) is 18.5 Å². The SMILES string of the molecule is Cc1ccc(CN(C(=O)CCCN(c2ccccc2)S(C)(=O)=O)[C@@H](Cc2ccccc2)C(=O)NC(C)C)cc1. The van der Waals surface area contributed by atoms with E-state index in [1.54, 1.807) is 29.2 Å². The number of nitrogens with zero attached hydrogens (tertiary/aromatic N) is 2. The van der Waals surface area contributed by atoms with Crippen molar-refractivity contribution in [2.45, 2.75) is 58.7 Å². The van der Waals surface area contributed by atoms with E-state index in [1.165, 1.54) is 4.31 Å². The maximum atomic E-state index is 13.8. The fourth-order valence-electron chi connectivity index (χ4n) is 4.42. The monoisotopic (exact) mass is 549 g/mol. The highest BCUT2D eigenvalue weighted by Gasteiger charge is 2.30. The van der Waals surface area contributed by atoms with Crippen LogP contribution in [0.25, 0.3) is 0 Å². The van der Waals surface area contributed by atoms with E-state index in [2.05, 4.69) is 5.32 Å². The Bertz CT molecular complexity index is 1310. The van der Waals surface area contributed by atoms with Gasteiger partial charge in [0.1, 0.15) is 6.04 Å². The van der Waals surface area contributed by atoms with Gasteiger partial charge < -0.3 is 10.2 Å². The van der Waals surface area contributed by atoms with Crippen molar-refractivity contribution < 1.29 is 18.0 Å². The van der Waals surface area contributed by atoms with Gasteiger partial charge in [0, 0.05) is 32.0 Å². The van der Waals surface area contributed by atoms with Crippen molar-refractivity contribution >= 4 is 27.5 Å². The summed E-state index contributed by atoms with van der Waals surface area (Å²) < 4.78 is 26.3. The second kappa shape index (κ2) is 13.9. The lowest BCUT2D eigenvalue weighted by molar-refractivity contribution is -0.141. The number of hydrogen-bond acceptors (Lipinski definition) is 4. The molecule has 0 bridgehead atoms. The number of rotatable bonds is 13. The van der Waals surface area contributed by atoms with Gasteiger partial charge in [-0.05, 0) is 50.5 Å². The fourth-order valence-corrected chi connectivity index (χ4v) is 5.39. The Morgan fingerprint density at radius 1 is 0.846 bits per heavy atom. The third kappa shape index (κ3) is 9.25. The summed E-state index contributed by atoms with van der Waals surface area (Å²) in [4.78, 5) is 28.9. The number of hydrogen-bond donors (Lipinski definition) is 1. The normalized spacial score (nSPS) is 12.1. The fraction of sp³-hybridized carbons (Fsp3) is 0.355. The second-order valence-electron chi connectivity index (χ2n) is 10.2. The van der Waals surface area contributed by atoms with E-state index in [1.807, 2.05) is 81.4 Å². The maximum absolute atomic E-state index is 13.8. The Labute approximate surface area is 232 Å². The molecule has 1 N–H and O–H groups in total. The van der Waals surface area contributed by atoms with Crippen LogP contribution in [0.15, 0.2) is 84.9 Å². The van der Waals surface area contributed by atoms with Crippen LogP contribution in [0.4, 0.5) is 5.69 Å². The van der Waals surface area contributed by atoms with Gasteiger partial charge in [-0.25, -0.2) is 8.42 Å². The van der Waals surface area contributed by atoms with Crippen LogP contribution in [0.2, 0.25) is 0 Å². The number of carbonyl (C=O) groups excluding carboxylic acids is 2. The highest BCUT2D eigenvalue weighted by molar-refractivity contribution is 7.92. The molecule has 3 aromatic rings. The minimum absolute atomic E-state index is 0.0821. The molecule has 7 nitrogen and oxygen atoms in total. The van der Waals surface area contributed by atoms with E-state index in [-0.39, 0.29) is 37.4 Å². The molecule has 0 aliphatic carbocycles. The zero-order valence-electron chi connectivity index (χ0n) is 23.2. The van der Waals surface area contributed by atoms with Gasteiger partial charge in [-0.2, -0.15) is 0 Å². The molecule has 0 aromatic heterocycles. The first-order valence-corrected chi connectivity index (χ1v) is 15.1. The van der Waals surface area contributed by atoms with E-state index >= 15 is 0 Å². The number of sulfonamides is 1. The number of benzene rings is 3. The summed E-state index contributed by atoms with van der Waals surface area (Å²) in [6.45, 7) is 6.23. The van der Waals surface area contributed by atoms with Gasteiger partial charge in [0.2, 0.25) is 21.8 Å². The van der Waals surface area contributed by atoms with Crippen molar-refractivity contribution in [1.29, 1.82) is 0 Å². The molecule has 0 saturated carbocycles. The summed E-state index contributed by atoms with van der Waals surface area (Å²) in [7, 11) is -3.53. The maximum Gasteiger partial charge on any atom is 0.243 e. The quantitative estimate of drug-likeness (QED) is 0.335. The van der Waals surface area contributed by atoms with Crippen LogP contribution in [0.1, 0.15) is 43.4 Å². The van der Waals surface area contributed by atoms with Crippen LogP contribution in [0.5, 0.6) is 0 Å². The average molecular weight is 550 g/mol. The first-order valence-electron chi connectivity index (χ1n) is 13.3. The second-order valence-corrected chi connectivity index (χ2v) is 12.1. The zero-order valence-corrected chi connectivity index (χ0v) is 24.0. The molecule has 1 atom stereocenters. The van der Waals surface area contributed by atoms with Crippen molar-refractivity contribution in [2.24, 2.45) is 0 Å². The van der Waals surface area contributed by atoms with Gasteiger partial charge in [0.05, 0.1) is 11.9 Å². The molecule has 3 aromatic carbocycles. The highest BCUT2D eigenvalue weighted by Crippen LogP contribution is 2.20. The van der Waals surface area contributed by atoms with Gasteiger partial charge >= 0.3 is 0 Å². The third-order valence-corrected chi connectivity index (χ3v) is 7.57. The van der Waals surface area contributed by atoms with Crippen LogP contribution < -0.4 is 9.62 Å². The van der Waals surface area contributed by atoms with E-state index in [9.17, 15) is 18.0 Å². The topological polar surface area (TPSA) is 86.8 Å². The van der Waals surface area contributed by atoms with Gasteiger partial charge in [-0.1, -0.05) is 78.4 Å². The lowest BCUT2D eigenvalue weighted by atomic mass is 10.0. The molecule has 0 unspecified atom stereocenters. The first-order chi connectivity index (χ1) is 18.5. The van der Waals surface area contributed by atoms with Gasteiger partial charge in [0.25, 0.3) is 0 Å². The number of aryl methyl sites for hydroxylation is 1.